The average molecular weight is 243 g/mol. The molecular formula is C14H17N3O. The summed E-state index contributed by atoms with van der Waals surface area (Å²) in [6, 6.07) is 8.15. The van der Waals surface area contributed by atoms with Crippen LogP contribution in [0.4, 0.5) is 0 Å². The number of benzene rings is 1. The van der Waals surface area contributed by atoms with Crippen molar-refractivity contribution in [3.63, 3.8) is 0 Å². The third kappa shape index (κ3) is 1.61. The number of H-pyrrole nitrogens is 1. The van der Waals surface area contributed by atoms with Crippen molar-refractivity contribution in [2.45, 2.75) is 25.2 Å². The van der Waals surface area contributed by atoms with Gasteiger partial charge < -0.3 is 10.7 Å². The molecule has 1 aliphatic carbocycles. The van der Waals surface area contributed by atoms with Gasteiger partial charge in [-0.2, -0.15) is 0 Å². The predicted octanol–water partition coefficient (Wildman–Crippen LogP) is 1.46. The van der Waals surface area contributed by atoms with Crippen molar-refractivity contribution in [2.24, 2.45) is 5.73 Å². The van der Waals surface area contributed by atoms with Crippen LogP contribution in [0.5, 0.6) is 0 Å². The fourth-order valence-electron chi connectivity index (χ4n) is 2.51. The number of imidazole rings is 1. The molecule has 0 amide bonds. The van der Waals surface area contributed by atoms with Crippen LogP contribution >= 0.6 is 0 Å². The first-order chi connectivity index (χ1) is 8.66. The Bertz CT molecular complexity index is 634. The summed E-state index contributed by atoms with van der Waals surface area (Å²) in [5, 5.41) is 0. The maximum Gasteiger partial charge on any atom is 0.330 e. The van der Waals surface area contributed by atoms with Crippen LogP contribution in [-0.2, 0) is 5.41 Å². The van der Waals surface area contributed by atoms with E-state index >= 15 is 0 Å². The average Bonchev–Trinajstić information content (AvgIpc) is 3.12. The lowest BCUT2D eigenvalue weighted by molar-refractivity contribution is 0.703. The number of hydrogen-bond donors (Lipinski definition) is 2. The highest BCUT2D eigenvalue weighted by Gasteiger charge is 2.42. The summed E-state index contributed by atoms with van der Waals surface area (Å²) in [4.78, 5) is 14.5. The van der Waals surface area contributed by atoms with E-state index in [0.29, 0.717) is 6.54 Å². The summed E-state index contributed by atoms with van der Waals surface area (Å²) in [5.74, 6) is 0. The molecule has 94 valence electrons. The zero-order valence-corrected chi connectivity index (χ0v) is 10.4. The van der Waals surface area contributed by atoms with Gasteiger partial charge in [0.1, 0.15) is 0 Å². The Morgan fingerprint density at radius 2 is 2.22 bits per heavy atom. The lowest BCUT2D eigenvalue weighted by Gasteiger charge is -2.14. The molecule has 3 rings (SSSR count). The molecule has 0 atom stereocenters. The number of rotatable bonds is 3. The van der Waals surface area contributed by atoms with Crippen molar-refractivity contribution in [3.05, 3.63) is 52.2 Å². The second kappa shape index (κ2) is 3.85. The van der Waals surface area contributed by atoms with Crippen LogP contribution in [0.2, 0.25) is 0 Å². The van der Waals surface area contributed by atoms with Crippen molar-refractivity contribution in [3.8, 4) is 5.69 Å². The van der Waals surface area contributed by atoms with Crippen molar-refractivity contribution >= 4 is 0 Å². The SMILES string of the molecule is Cc1c[nH]c(=O)n1-c1cccc(C2(CN)CC2)c1. The van der Waals surface area contributed by atoms with Crippen LogP contribution in [0, 0.1) is 6.92 Å². The van der Waals surface area contributed by atoms with Crippen LogP contribution in [0.25, 0.3) is 5.69 Å². The molecule has 0 saturated heterocycles. The second-order valence-corrected chi connectivity index (χ2v) is 5.11. The highest BCUT2D eigenvalue weighted by atomic mass is 16.1. The molecule has 1 aliphatic rings. The second-order valence-electron chi connectivity index (χ2n) is 5.11. The Morgan fingerprint density at radius 3 is 2.78 bits per heavy atom. The number of nitrogens with two attached hydrogens (primary N) is 1. The molecule has 1 saturated carbocycles. The Hall–Kier alpha value is -1.81. The molecule has 3 N–H and O–H groups in total. The van der Waals surface area contributed by atoms with Gasteiger partial charge in [-0.3, -0.25) is 4.57 Å². The van der Waals surface area contributed by atoms with Crippen molar-refractivity contribution < 1.29 is 0 Å². The minimum Gasteiger partial charge on any atom is -0.330 e. The van der Waals surface area contributed by atoms with E-state index in [4.69, 9.17) is 5.73 Å². The first-order valence-corrected chi connectivity index (χ1v) is 6.24. The molecular weight excluding hydrogens is 226 g/mol. The Kier molecular flexibility index (Phi) is 2.41. The van der Waals surface area contributed by atoms with E-state index in [2.05, 4.69) is 17.1 Å². The number of nitrogens with one attached hydrogen (secondary N) is 1. The molecule has 4 nitrogen and oxygen atoms in total. The quantitative estimate of drug-likeness (QED) is 0.857. The van der Waals surface area contributed by atoms with Gasteiger partial charge in [-0.1, -0.05) is 12.1 Å². The first-order valence-electron chi connectivity index (χ1n) is 6.24. The number of nitrogens with zero attached hydrogens (tertiary/aromatic N) is 1. The summed E-state index contributed by atoms with van der Waals surface area (Å²) < 4.78 is 1.69. The number of hydrogen-bond acceptors (Lipinski definition) is 2. The molecule has 2 aromatic rings. The van der Waals surface area contributed by atoms with Crippen molar-refractivity contribution in [1.29, 1.82) is 0 Å². The van der Waals surface area contributed by atoms with E-state index in [1.54, 1.807) is 10.8 Å². The van der Waals surface area contributed by atoms with Crippen molar-refractivity contribution in [1.82, 2.24) is 9.55 Å². The van der Waals surface area contributed by atoms with Gasteiger partial charge in [-0.25, -0.2) is 4.79 Å². The van der Waals surface area contributed by atoms with E-state index in [9.17, 15) is 4.79 Å². The van der Waals surface area contributed by atoms with Gasteiger partial charge in [0.05, 0.1) is 5.69 Å². The fourth-order valence-corrected chi connectivity index (χ4v) is 2.51. The molecule has 1 fully saturated rings. The predicted molar refractivity (Wildman–Crippen MR) is 71.1 cm³/mol. The van der Waals surface area contributed by atoms with Gasteiger partial charge in [0, 0.05) is 23.9 Å². The summed E-state index contributed by atoms with van der Waals surface area (Å²) in [5.41, 5.74) is 8.99. The molecule has 0 spiro atoms. The molecule has 1 aromatic heterocycles. The van der Waals surface area contributed by atoms with E-state index in [0.717, 1.165) is 24.2 Å². The molecule has 0 radical (unpaired) electrons. The number of aromatic nitrogens is 2. The van der Waals surface area contributed by atoms with Crippen LogP contribution < -0.4 is 11.4 Å². The Morgan fingerprint density at radius 1 is 1.44 bits per heavy atom. The van der Waals surface area contributed by atoms with Gasteiger partial charge in [0.15, 0.2) is 0 Å². The monoisotopic (exact) mass is 243 g/mol. The minimum absolute atomic E-state index is 0.0951. The molecule has 0 unspecified atom stereocenters. The van der Waals surface area contributed by atoms with E-state index in [1.165, 1.54) is 5.56 Å². The highest BCUT2D eigenvalue weighted by molar-refractivity contribution is 5.42. The summed E-state index contributed by atoms with van der Waals surface area (Å²) in [6.45, 7) is 2.60. The van der Waals surface area contributed by atoms with Crippen LogP contribution in [0.15, 0.2) is 35.3 Å². The molecule has 1 aromatic carbocycles. The van der Waals surface area contributed by atoms with Gasteiger partial charge in [-0.15, -0.1) is 0 Å². The summed E-state index contributed by atoms with van der Waals surface area (Å²) in [7, 11) is 0. The third-order valence-corrected chi connectivity index (χ3v) is 3.92. The zero-order chi connectivity index (χ0) is 12.8. The van der Waals surface area contributed by atoms with E-state index in [-0.39, 0.29) is 11.1 Å². The smallest absolute Gasteiger partial charge is 0.330 e. The molecule has 18 heavy (non-hydrogen) atoms. The van der Waals surface area contributed by atoms with Crippen LogP contribution in [-0.4, -0.2) is 16.1 Å². The largest absolute Gasteiger partial charge is 0.330 e. The third-order valence-electron chi connectivity index (χ3n) is 3.92. The zero-order valence-electron chi connectivity index (χ0n) is 10.4. The van der Waals surface area contributed by atoms with Crippen molar-refractivity contribution in [2.75, 3.05) is 6.54 Å². The summed E-state index contributed by atoms with van der Waals surface area (Å²) >= 11 is 0. The molecule has 0 bridgehead atoms. The van der Waals surface area contributed by atoms with Gasteiger partial charge in [0.2, 0.25) is 0 Å². The normalized spacial score (nSPS) is 16.8. The van der Waals surface area contributed by atoms with Crippen LogP contribution in [0.3, 0.4) is 0 Å². The summed E-state index contributed by atoms with van der Waals surface area (Å²) in [6.07, 6.45) is 4.02. The Labute approximate surface area is 105 Å². The van der Waals surface area contributed by atoms with E-state index < -0.39 is 0 Å². The maximum atomic E-state index is 11.8. The van der Waals surface area contributed by atoms with Gasteiger partial charge in [0.25, 0.3) is 0 Å². The topological polar surface area (TPSA) is 63.8 Å². The Balaban J connectivity index is 2.10. The lowest BCUT2D eigenvalue weighted by Crippen LogP contribution is -2.21. The minimum atomic E-state index is -0.0951. The molecule has 1 heterocycles. The van der Waals surface area contributed by atoms with Crippen LogP contribution in [0.1, 0.15) is 24.1 Å². The van der Waals surface area contributed by atoms with Gasteiger partial charge >= 0.3 is 5.69 Å². The molecule has 0 aliphatic heterocycles. The number of aromatic amines is 1. The first kappa shape index (κ1) is 11.3. The lowest BCUT2D eigenvalue weighted by atomic mass is 9.96. The molecule has 4 heteroatoms. The standard InChI is InChI=1S/C14H17N3O/c1-10-8-16-13(18)17(10)12-4-2-3-11(7-12)14(9-15)5-6-14/h2-4,7-8H,5-6,9,15H2,1H3,(H,16,18). The fraction of sp³-hybridized carbons (Fsp3) is 0.357. The van der Waals surface area contributed by atoms with E-state index in [1.807, 2.05) is 19.1 Å². The highest BCUT2D eigenvalue weighted by Crippen LogP contribution is 2.47. The number of aryl methyl sites for hydroxylation is 1. The maximum absolute atomic E-state index is 11.8. The van der Waals surface area contributed by atoms with Gasteiger partial charge in [-0.05, 0) is 37.5 Å².